The first-order chi connectivity index (χ1) is 9.61. The van der Waals surface area contributed by atoms with Crippen LogP contribution in [0.4, 0.5) is 0 Å². The second-order valence-electron chi connectivity index (χ2n) is 4.70. The molecule has 1 unspecified atom stereocenters. The van der Waals surface area contributed by atoms with Gasteiger partial charge in [-0.25, -0.2) is 0 Å². The fourth-order valence-electron chi connectivity index (χ4n) is 2.06. The smallest absolute Gasteiger partial charge is 0.313 e. The van der Waals surface area contributed by atoms with Gasteiger partial charge in [-0.3, -0.25) is 9.59 Å². The molecule has 1 fully saturated rings. The Labute approximate surface area is 123 Å². The largest absolute Gasteiger partial charge is 0.466 e. The minimum absolute atomic E-state index is 0.175. The fraction of sp³-hybridized carbons (Fsp3) is 0.375. The van der Waals surface area contributed by atoms with E-state index in [1.54, 1.807) is 6.92 Å². The van der Waals surface area contributed by atoms with Gasteiger partial charge >= 0.3 is 5.97 Å². The highest BCUT2D eigenvalue weighted by Gasteiger charge is 2.18. The molecule has 3 nitrogen and oxygen atoms in total. The molecule has 0 spiro atoms. The summed E-state index contributed by atoms with van der Waals surface area (Å²) in [6, 6.07) is 7.71. The number of esters is 1. The van der Waals surface area contributed by atoms with E-state index in [2.05, 4.69) is 0 Å². The lowest BCUT2D eigenvalue weighted by molar-refractivity contribution is -0.144. The third-order valence-electron chi connectivity index (χ3n) is 3.28. The van der Waals surface area contributed by atoms with Crippen LogP contribution in [0.1, 0.15) is 37.3 Å². The summed E-state index contributed by atoms with van der Waals surface area (Å²) in [5, 5.41) is 0.175. The zero-order valence-electron chi connectivity index (χ0n) is 11.7. The molecule has 0 saturated carbocycles. The molecule has 1 aromatic carbocycles. The van der Waals surface area contributed by atoms with E-state index in [0.717, 1.165) is 28.9 Å². The number of benzene rings is 1. The summed E-state index contributed by atoms with van der Waals surface area (Å²) in [5.41, 5.74) is 2.80. The highest BCUT2D eigenvalue weighted by Crippen LogP contribution is 2.27. The maximum absolute atomic E-state index is 11.7. The van der Waals surface area contributed by atoms with Gasteiger partial charge in [-0.2, -0.15) is 0 Å². The second kappa shape index (κ2) is 6.75. The van der Waals surface area contributed by atoms with Crippen LogP contribution in [-0.4, -0.2) is 23.4 Å². The third-order valence-corrected chi connectivity index (χ3v) is 4.22. The van der Waals surface area contributed by atoms with Crippen LogP contribution in [0.2, 0.25) is 0 Å². The van der Waals surface area contributed by atoms with Crippen molar-refractivity contribution in [3.05, 3.63) is 41.0 Å². The first-order valence-corrected chi connectivity index (χ1v) is 7.74. The lowest BCUT2D eigenvalue weighted by Crippen LogP contribution is -2.12. The molecule has 1 heterocycles. The molecule has 1 aliphatic heterocycles. The van der Waals surface area contributed by atoms with E-state index < -0.39 is 0 Å². The van der Waals surface area contributed by atoms with Gasteiger partial charge in [-0.15, -0.1) is 0 Å². The van der Waals surface area contributed by atoms with Crippen molar-refractivity contribution in [2.24, 2.45) is 0 Å². The summed E-state index contributed by atoms with van der Waals surface area (Å²) in [6.45, 7) is 4.03. The van der Waals surface area contributed by atoms with E-state index >= 15 is 0 Å². The van der Waals surface area contributed by atoms with Crippen molar-refractivity contribution in [1.82, 2.24) is 0 Å². The van der Waals surface area contributed by atoms with E-state index in [1.165, 1.54) is 11.8 Å². The van der Waals surface area contributed by atoms with Crippen molar-refractivity contribution in [2.75, 3.05) is 12.4 Å². The SMILES string of the molecule is CCOC(=O)C(C)c1ccc(/C=C2\CCSC2=O)cc1. The first kappa shape index (κ1) is 14.9. The molecule has 1 aromatic rings. The van der Waals surface area contributed by atoms with E-state index in [9.17, 15) is 9.59 Å². The first-order valence-electron chi connectivity index (χ1n) is 6.76. The summed E-state index contributed by atoms with van der Waals surface area (Å²) in [7, 11) is 0. The van der Waals surface area contributed by atoms with Crippen molar-refractivity contribution in [3.8, 4) is 0 Å². The van der Waals surface area contributed by atoms with Crippen LogP contribution in [0.25, 0.3) is 6.08 Å². The quantitative estimate of drug-likeness (QED) is 0.629. The molecule has 1 aliphatic rings. The van der Waals surface area contributed by atoms with Gasteiger partial charge < -0.3 is 4.74 Å². The fourth-order valence-corrected chi connectivity index (χ4v) is 2.92. The predicted octanol–water partition coefficient (Wildman–Crippen LogP) is 3.40. The van der Waals surface area contributed by atoms with Crippen LogP contribution in [-0.2, 0) is 14.3 Å². The van der Waals surface area contributed by atoms with E-state index in [0.29, 0.717) is 6.61 Å². The Balaban J connectivity index is 2.10. The minimum Gasteiger partial charge on any atom is -0.466 e. The van der Waals surface area contributed by atoms with Gasteiger partial charge in [0, 0.05) is 11.3 Å². The number of carbonyl (C=O) groups is 2. The van der Waals surface area contributed by atoms with E-state index in [4.69, 9.17) is 4.74 Å². The Morgan fingerprint density at radius 1 is 1.40 bits per heavy atom. The number of thioether (sulfide) groups is 1. The van der Waals surface area contributed by atoms with Gasteiger partial charge in [0.25, 0.3) is 0 Å². The lowest BCUT2D eigenvalue weighted by Gasteiger charge is -2.10. The van der Waals surface area contributed by atoms with Gasteiger partial charge in [0.2, 0.25) is 5.12 Å². The van der Waals surface area contributed by atoms with Crippen LogP contribution in [0.15, 0.2) is 29.8 Å². The topological polar surface area (TPSA) is 43.4 Å². The van der Waals surface area contributed by atoms with E-state index in [-0.39, 0.29) is 17.0 Å². The zero-order valence-corrected chi connectivity index (χ0v) is 12.5. The molecule has 0 aliphatic carbocycles. The zero-order chi connectivity index (χ0) is 14.5. The molecule has 0 N–H and O–H groups in total. The average molecular weight is 290 g/mol. The molecule has 1 atom stereocenters. The minimum atomic E-state index is -0.264. The number of hydrogen-bond acceptors (Lipinski definition) is 4. The number of carbonyl (C=O) groups excluding carboxylic acids is 2. The van der Waals surface area contributed by atoms with Gasteiger partial charge in [0.15, 0.2) is 0 Å². The van der Waals surface area contributed by atoms with Crippen LogP contribution >= 0.6 is 11.8 Å². The standard InChI is InChI=1S/C16H18O3S/c1-3-19-15(17)11(2)13-6-4-12(5-7-13)10-14-8-9-20-16(14)18/h4-7,10-11H,3,8-9H2,1-2H3/b14-10+. The normalized spacial score (nSPS) is 18.3. The Morgan fingerprint density at radius 2 is 2.10 bits per heavy atom. The number of rotatable bonds is 4. The third kappa shape index (κ3) is 3.51. The average Bonchev–Trinajstić information content (AvgIpc) is 2.85. The van der Waals surface area contributed by atoms with Crippen LogP contribution in [0.5, 0.6) is 0 Å². The van der Waals surface area contributed by atoms with Crippen LogP contribution < -0.4 is 0 Å². The van der Waals surface area contributed by atoms with Gasteiger partial charge in [0.05, 0.1) is 12.5 Å². The Morgan fingerprint density at radius 3 is 2.65 bits per heavy atom. The predicted molar refractivity (Wildman–Crippen MR) is 81.5 cm³/mol. The molecule has 0 radical (unpaired) electrons. The van der Waals surface area contributed by atoms with Crippen molar-refractivity contribution in [1.29, 1.82) is 0 Å². The molecule has 106 valence electrons. The molecule has 0 amide bonds. The Bertz CT molecular complexity index is 531. The van der Waals surface area contributed by atoms with Crippen molar-refractivity contribution >= 4 is 28.9 Å². The van der Waals surface area contributed by atoms with Crippen molar-refractivity contribution in [3.63, 3.8) is 0 Å². The summed E-state index contributed by atoms with van der Waals surface area (Å²) < 4.78 is 5.01. The molecule has 2 rings (SSSR count). The number of ether oxygens (including phenoxy) is 1. The lowest BCUT2D eigenvalue weighted by atomic mass is 9.99. The van der Waals surface area contributed by atoms with Gasteiger partial charge in [0.1, 0.15) is 0 Å². The second-order valence-corrected chi connectivity index (χ2v) is 5.76. The van der Waals surface area contributed by atoms with Crippen LogP contribution in [0.3, 0.4) is 0 Å². The van der Waals surface area contributed by atoms with Crippen LogP contribution in [0, 0.1) is 0 Å². The van der Waals surface area contributed by atoms with Crippen molar-refractivity contribution in [2.45, 2.75) is 26.2 Å². The molecular weight excluding hydrogens is 272 g/mol. The summed E-state index contributed by atoms with van der Waals surface area (Å²) in [4.78, 5) is 23.2. The Kier molecular flexibility index (Phi) is 5.01. The van der Waals surface area contributed by atoms with Gasteiger partial charge in [-0.05, 0) is 37.5 Å². The van der Waals surface area contributed by atoms with Crippen molar-refractivity contribution < 1.29 is 14.3 Å². The molecule has 20 heavy (non-hydrogen) atoms. The maximum Gasteiger partial charge on any atom is 0.313 e. The van der Waals surface area contributed by atoms with Gasteiger partial charge in [-0.1, -0.05) is 36.0 Å². The Hall–Kier alpha value is -1.55. The highest BCUT2D eigenvalue weighted by molar-refractivity contribution is 8.14. The molecule has 4 heteroatoms. The number of hydrogen-bond donors (Lipinski definition) is 0. The highest BCUT2D eigenvalue weighted by atomic mass is 32.2. The molecule has 1 saturated heterocycles. The summed E-state index contributed by atoms with van der Waals surface area (Å²) >= 11 is 1.37. The monoisotopic (exact) mass is 290 g/mol. The van der Waals surface area contributed by atoms with E-state index in [1.807, 2.05) is 37.3 Å². The maximum atomic E-state index is 11.7. The summed E-state index contributed by atoms with van der Waals surface area (Å²) in [6.07, 6.45) is 2.77. The molecule has 0 bridgehead atoms. The molecular formula is C16H18O3S. The summed E-state index contributed by atoms with van der Waals surface area (Å²) in [5.74, 6) is 0.407. The molecule has 0 aromatic heterocycles.